The molecule has 4 N–H and O–H groups in total. The van der Waals surface area contributed by atoms with E-state index in [1.54, 1.807) is 18.2 Å². The number of nitrogens with one attached hydrogen (secondary N) is 2. The van der Waals surface area contributed by atoms with Gasteiger partial charge in [-0.2, -0.15) is 0 Å². The maximum atomic E-state index is 11.6. The maximum Gasteiger partial charge on any atom is 0.326 e. The molecule has 24 heavy (non-hydrogen) atoms. The standard InChI is InChI=1S/C19H23N3O2/c1-6-8-12(3)9-16(20)14(5)10-13(4)15(7-2)11-17-18(23)22-19(24)21-17/h6-9,11H,1-2,5,10,20H2,3-4H3,(H2,21,22,23,24)/b12-8+,15-13+,16-9+,17-11-. The van der Waals surface area contributed by atoms with Crippen LogP contribution in [0.15, 0.2) is 83.8 Å². The van der Waals surface area contributed by atoms with Gasteiger partial charge in [-0.3, -0.25) is 10.1 Å². The molecule has 1 fully saturated rings. The molecule has 0 aliphatic carbocycles. The Hall–Kier alpha value is -3.08. The van der Waals surface area contributed by atoms with Crippen LogP contribution >= 0.6 is 0 Å². The molecule has 0 radical (unpaired) electrons. The third-order valence-corrected chi connectivity index (χ3v) is 3.38. The molecule has 0 atom stereocenters. The zero-order valence-electron chi connectivity index (χ0n) is 14.1. The second-order valence-corrected chi connectivity index (χ2v) is 5.43. The van der Waals surface area contributed by atoms with Crippen molar-refractivity contribution in [3.63, 3.8) is 0 Å². The molecule has 3 amide bonds. The lowest BCUT2D eigenvalue weighted by molar-refractivity contribution is -0.115. The fourth-order valence-electron chi connectivity index (χ4n) is 2.10. The summed E-state index contributed by atoms with van der Waals surface area (Å²) in [6.45, 7) is 15.2. The summed E-state index contributed by atoms with van der Waals surface area (Å²) in [5, 5.41) is 4.60. The summed E-state index contributed by atoms with van der Waals surface area (Å²) in [6, 6.07) is -0.534. The predicted octanol–water partition coefficient (Wildman–Crippen LogP) is 3.13. The van der Waals surface area contributed by atoms with Crippen LogP contribution in [-0.4, -0.2) is 11.9 Å². The van der Waals surface area contributed by atoms with Crippen molar-refractivity contribution in [2.24, 2.45) is 5.73 Å². The second-order valence-electron chi connectivity index (χ2n) is 5.43. The van der Waals surface area contributed by atoms with E-state index < -0.39 is 11.9 Å². The number of carbonyl (C=O) groups excluding carboxylic acids is 2. The molecule has 0 bridgehead atoms. The first kappa shape index (κ1) is 19.0. The largest absolute Gasteiger partial charge is 0.399 e. The molecule has 126 valence electrons. The van der Waals surface area contributed by atoms with Crippen molar-refractivity contribution < 1.29 is 9.59 Å². The smallest absolute Gasteiger partial charge is 0.326 e. The Morgan fingerprint density at radius 1 is 1.21 bits per heavy atom. The number of hydrogen-bond acceptors (Lipinski definition) is 3. The quantitative estimate of drug-likeness (QED) is 0.382. The number of amides is 3. The van der Waals surface area contributed by atoms with E-state index in [2.05, 4.69) is 30.4 Å². The summed E-state index contributed by atoms with van der Waals surface area (Å²) in [4.78, 5) is 22.7. The Morgan fingerprint density at radius 3 is 2.38 bits per heavy atom. The first-order valence-electron chi connectivity index (χ1n) is 7.39. The molecule has 1 aliphatic heterocycles. The van der Waals surface area contributed by atoms with E-state index in [0.717, 1.165) is 22.3 Å². The summed E-state index contributed by atoms with van der Waals surface area (Å²) < 4.78 is 0. The Kier molecular flexibility index (Phi) is 6.74. The van der Waals surface area contributed by atoms with Gasteiger partial charge in [0.25, 0.3) is 5.91 Å². The monoisotopic (exact) mass is 325 g/mol. The van der Waals surface area contributed by atoms with Gasteiger partial charge >= 0.3 is 6.03 Å². The second kappa shape index (κ2) is 8.53. The van der Waals surface area contributed by atoms with E-state index in [4.69, 9.17) is 5.73 Å². The Bertz CT molecular complexity index is 719. The lowest BCUT2D eigenvalue weighted by Crippen LogP contribution is -2.22. The normalized spacial score (nSPS) is 18.0. The van der Waals surface area contributed by atoms with Crippen LogP contribution in [0.1, 0.15) is 20.3 Å². The number of imide groups is 1. The third kappa shape index (κ3) is 5.28. The van der Waals surface area contributed by atoms with E-state index in [1.807, 2.05) is 26.0 Å². The van der Waals surface area contributed by atoms with Crippen LogP contribution in [0.5, 0.6) is 0 Å². The lowest BCUT2D eigenvalue weighted by atomic mass is 9.99. The van der Waals surface area contributed by atoms with Gasteiger partial charge in [0.15, 0.2) is 0 Å². The molecule has 5 nitrogen and oxygen atoms in total. The van der Waals surface area contributed by atoms with E-state index in [9.17, 15) is 9.59 Å². The van der Waals surface area contributed by atoms with Crippen molar-refractivity contribution in [2.45, 2.75) is 20.3 Å². The topological polar surface area (TPSA) is 84.2 Å². The molecule has 0 aromatic rings. The van der Waals surface area contributed by atoms with Gasteiger partial charge in [0.2, 0.25) is 0 Å². The van der Waals surface area contributed by atoms with Gasteiger partial charge in [0, 0.05) is 5.70 Å². The highest BCUT2D eigenvalue weighted by Crippen LogP contribution is 2.20. The van der Waals surface area contributed by atoms with Gasteiger partial charge in [-0.1, -0.05) is 43.5 Å². The molecule has 1 heterocycles. The van der Waals surface area contributed by atoms with Gasteiger partial charge in [-0.15, -0.1) is 0 Å². The molecule has 1 rings (SSSR count). The van der Waals surface area contributed by atoms with Gasteiger partial charge < -0.3 is 11.1 Å². The first-order valence-corrected chi connectivity index (χ1v) is 7.39. The molecule has 0 saturated carbocycles. The summed E-state index contributed by atoms with van der Waals surface area (Å²) >= 11 is 0. The number of nitrogens with two attached hydrogens (primary N) is 1. The fraction of sp³-hybridized carbons (Fsp3) is 0.158. The van der Waals surface area contributed by atoms with Crippen molar-refractivity contribution in [3.05, 3.63) is 83.8 Å². The van der Waals surface area contributed by atoms with E-state index in [1.165, 1.54) is 0 Å². The SMILES string of the molecule is C=C/C=C(C)/C=C(/N)C(=C)C/C(C)=C(C=C)/C=C1\NC(=O)NC1=O. The van der Waals surface area contributed by atoms with Gasteiger partial charge in [-0.25, -0.2) is 4.79 Å². The number of allylic oxidation sites excluding steroid dienone is 9. The van der Waals surface area contributed by atoms with E-state index in [0.29, 0.717) is 12.1 Å². The minimum atomic E-state index is -0.534. The van der Waals surface area contributed by atoms with Crippen LogP contribution in [-0.2, 0) is 4.79 Å². The number of rotatable bonds is 7. The molecule has 0 unspecified atom stereocenters. The highest BCUT2D eigenvalue weighted by atomic mass is 16.2. The van der Waals surface area contributed by atoms with Crippen molar-refractivity contribution >= 4 is 11.9 Å². The fourth-order valence-corrected chi connectivity index (χ4v) is 2.10. The Balaban J connectivity index is 2.98. The molecule has 1 saturated heterocycles. The number of urea groups is 1. The Morgan fingerprint density at radius 2 is 1.88 bits per heavy atom. The molecular weight excluding hydrogens is 302 g/mol. The van der Waals surface area contributed by atoms with Crippen LogP contribution < -0.4 is 16.4 Å². The van der Waals surface area contributed by atoms with Crippen LogP contribution in [0.4, 0.5) is 4.79 Å². The average Bonchev–Trinajstić information content (AvgIpc) is 2.82. The lowest BCUT2D eigenvalue weighted by Gasteiger charge is -2.10. The van der Waals surface area contributed by atoms with Crippen LogP contribution in [0.25, 0.3) is 0 Å². The predicted molar refractivity (Wildman–Crippen MR) is 97.6 cm³/mol. The van der Waals surface area contributed by atoms with Crippen LogP contribution in [0.2, 0.25) is 0 Å². The molecule has 5 heteroatoms. The van der Waals surface area contributed by atoms with Gasteiger partial charge in [0.1, 0.15) is 5.70 Å². The van der Waals surface area contributed by atoms with Crippen molar-refractivity contribution in [3.8, 4) is 0 Å². The number of hydrogen-bond donors (Lipinski definition) is 3. The van der Waals surface area contributed by atoms with Crippen molar-refractivity contribution in [1.82, 2.24) is 10.6 Å². The van der Waals surface area contributed by atoms with Gasteiger partial charge in [0.05, 0.1) is 0 Å². The van der Waals surface area contributed by atoms with E-state index in [-0.39, 0.29) is 5.70 Å². The molecule has 1 aliphatic rings. The summed E-state index contributed by atoms with van der Waals surface area (Å²) in [6.07, 6.45) is 9.09. The average molecular weight is 325 g/mol. The van der Waals surface area contributed by atoms with Crippen molar-refractivity contribution in [2.75, 3.05) is 0 Å². The molecule has 0 spiro atoms. The third-order valence-electron chi connectivity index (χ3n) is 3.38. The number of carbonyl (C=O) groups is 2. The van der Waals surface area contributed by atoms with Crippen LogP contribution in [0, 0.1) is 0 Å². The highest BCUT2D eigenvalue weighted by Gasteiger charge is 2.22. The maximum absolute atomic E-state index is 11.6. The summed E-state index contributed by atoms with van der Waals surface area (Å²) in [5.41, 5.74) is 10.2. The molecule has 0 aromatic carbocycles. The zero-order chi connectivity index (χ0) is 18.3. The van der Waals surface area contributed by atoms with Crippen LogP contribution in [0.3, 0.4) is 0 Å². The minimum absolute atomic E-state index is 0.188. The Labute approximate surface area is 142 Å². The summed E-state index contributed by atoms with van der Waals surface area (Å²) in [7, 11) is 0. The highest BCUT2D eigenvalue weighted by molar-refractivity contribution is 6.11. The molecular formula is C19H23N3O2. The van der Waals surface area contributed by atoms with Crippen molar-refractivity contribution in [1.29, 1.82) is 0 Å². The first-order chi connectivity index (χ1) is 11.3. The zero-order valence-corrected chi connectivity index (χ0v) is 14.1. The van der Waals surface area contributed by atoms with Gasteiger partial charge in [-0.05, 0) is 49.1 Å². The minimum Gasteiger partial charge on any atom is -0.399 e. The van der Waals surface area contributed by atoms with E-state index >= 15 is 0 Å². The summed E-state index contributed by atoms with van der Waals surface area (Å²) in [5.74, 6) is -0.462. The molecule has 0 aromatic heterocycles.